The van der Waals surface area contributed by atoms with Crippen LogP contribution in [0.3, 0.4) is 0 Å². The summed E-state index contributed by atoms with van der Waals surface area (Å²) in [5.41, 5.74) is 0. The van der Waals surface area contributed by atoms with E-state index in [1.54, 1.807) is 0 Å². The maximum Gasteiger partial charge on any atom is 0.472 e. The second-order valence-corrected chi connectivity index (χ2v) is 27.2. The molecule has 0 fully saturated rings. The maximum absolute atomic E-state index is 13.6. The fraction of sp³-hybridized carbons (Fsp3) is 0.744. The van der Waals surface area contributed by atoms with E-state index in [0.717, 1.165) is 109 Å². The Kier molecular flexibility index (Phi) is 64.1. The lowest BCUT2D eigenvalue weighted by molar-refractivity contribution is -0.870. The number of likely N-dealkylation sites (N-methyl/N-ethyl adjacent to an activating group) is 1. The summed E-state index contributed by atoms with van der Waals surface area (Å²) in [6.07, 6.45) is 92.5. The Hall–Kier alpha value is -3.33. The molecule has 0 rings (SSSR count). The highest BCUT2D eigenvalue weighted by molar-refractivity contribution is 7.47. The summed E-state index contributed by atoms with van der Waals surface area (Å²) in [7, 11) is 1.47. The number of quaternary nitrogens is 1. The summed E-state index contributed by atoms with van der Waals surface area (Å²) in [6.45, 7) is 6.87. The molecule has 10 heteroatoms. The summed E-state index contributed by atoms with van der Waals surface area (Å²) in [4.78, 5) is 37.9. The molecule has 2 N–H and O–H groups in total. The highest BCUT2D eigenvalue weighted by atomic mass is 31.2. The van der Waals surface area contributed by atoms with Crippen LogP contribution in [0.2, 0.25) is 0 Å². The summed E-state index contributed by atoms with van der Waals surface area (Å²) < 4.78 is 30.8. The number of nitrogens with zero attached hydrogens (tertiary/aromatic N) is 1. The number of phosphoric ester groups is 1. The normalized spacial score (nSPS) is 14.1. The van der Waals surface area contributed by atoms with Crippen molar-refractivity contribution in [3.63, 3.8) is 0 Å². The zero-order valence-electron chi connectivity index (χ0n) is 58.2. The molecule has 3 unspecified atom stereocenters. The van der Waals surface area contributed by atoms with E-state index in [1.807, 2.05) is 33.3 Å². The van der Waals surface area contributed by atoms with Crippen molar-refractivity contribution < 1.29 is 37.3 Å². The van der Waals surface area contributed by atoms with Crippen LogP contribution in [0, 0.1) is 0 Å². The minimum absolute atomic E-state index is 0.0309. The van der Waals surface area contributed by atoms with Gasteiger partial charge in [-0.1, -0.05) is 304 Å². The molecule has 508 valence electrons. The largest absolute Gasteiger partial charge is 0.472 e. The summed E-state index contributed by atoms with van der Waals surface area (Å²) >= 11 is 0. The number of esters is 1. The number of hydrogen-bond acceptors (Lipinski definition) is 6. The topological polar surface area (TPSA) is 111 Å². The van der Waals surface area contributed by atoms with Gasteiger partial charge in [0.25, 0.3) is 0 Å². The molecular weight excluding hydrogens is 1110 g/mol. The second kappa shape index (κ2) is 66.6. The Balaban J connectivity index is 5.06. The average Bonchev–Trinajstić information content (AvgIpc) is 3.53. The fourth-order valence-corrected chi connectivity index (χ4v) is 11.1. The number of hydrogen-bond donors (Lipinski definition) is 2. The molecule has 0 radical (unpaired) electrons. The quantitative estimate of drug-likeness (QED) is 0.0205. The van der Waals surface area contributed by atoms with Gasteiger partial charge < -0.3 is 19.4 Å². The van der Waals surface area contributed by atoms with Crippen LogP contribution in [-0.4, -0.2) is 74.3 Å². The number of carbonyl (C=O) groups excluding carboxylic acids is 2. The van der Waals surface area contributed by atoms with E-state index in [9.17, 15) is 19.0 Å². The van der Waals surface area contributed by atoms with Crippen LogP contribution in [0.4, 0.5) is 0 Å². The van der Waals surface area contributed by atoms with Crippen molar-refractivity contribution in [3.8, 4) is 0 Å². The van der Waals surface area contributed by atoms with E-state index in [2.05, 4.69) is 123 Å². The number of allylic oxidation sites excluding steroid dienone is 17. The Bertz CT molecular complexity index is 1870. The van der Waals surface area contributed by atoms with Gasteiger partial charge in [-0.15, -0.1) is 0 Å². The number of rotatable bonds is 66. The number of phosphoric acid groups is 1. The minimum Gasteiger partial charge on any atom is -0.456 e. The smallest absolute Gasteiger partial charge is 0.456 e. The Morgan fingerprint density at radius 1 is 0.409 bits per heavy atom. The Morgan fingerprint density at radius 3 is 1.11 bits per heavy atom. The van der Waals surface area contributed by atoms with E-state index in [0.29, 0.717) is 23.9 Å². The van der Waals surface area contributed by atoms with Crippen molar-refractivity contribution in [2.75, 3.05) is 40.9 Å². The third kappa shape index (κ3) is 67.1. The lowest BCUT2D eigenvalue weighted by Gasteiger charge is -2.27. The summed E-state index contributed by atoms with van der Waals surface area (Å²) in [5, 5.41) is 3.06. The van der Waals surface area contributed by atoms with Gasteiger partial charge in [-0.2, -0.15) is 0 Å². The van der Waals surface area contributed by atoms with E-state index in [4.69, 9.17) is 13.8 Å². The van der Waals surface area contributed by atoms with E-state index in [-0.39, 0.29) is 31.5 Å². The molecule has 0 saturated carbocycles. The van der Waals surface area contributed by atoms with Crippen LogP contribution in [0.1, 0.15) is 323 Å². The van der Waals surface area contributed by atoms with Gasteiger partial charge in [-0.05, 0) is 115 Å². The van der Waals surface area contributed by atoms with Gasteiger partial charge in [-0.25, -0.2) is 4.57 Å². The molecule has 0 aromatic rings. The van der Waals surface area contributed by atoms with E-state index in [1.165, 1.54) is 173 Å². The van der Waals surface area contributed by atoms with Gasteiger partial charge in [0.05, 0.1) is 33.8 Å². The predicted octanol–water partition coefficient (Wildman–Crippen LogP) is 23.6. The Labute approximate surface area is 544 Å². The molecule has 1 amide bonds. The lowest BCUT2D eigenvalue weighted by Crippen LogP contribution is -2.47. The molecule has 0 spiro atoms. The van der Waals surface area contributed by atoms with Gasteiger partial charge in [0.2, 0.25) is 5.91 Å². The molecule has 0 aliphatic rings. The highest BCUT2D eigenvalue weighted by Crippen LogP contribution is 2.43. The van der Waals surface area contributed by atoms with Gasteiger partial charge in [0.1, 0.15) is 19.3 Å². The van der Waals surface area contributed by atoms with Gasteiger partial charge in [0, 0.05) is 12.8 Å². The average molecular weight is 1250 g/mol. The van der Waals surface area contributed by atoms with Crippen molar-refractivity contribution in [2.45, 2.75) is 335 Å². The van der Waals surface area contributed by atoms with Crippen molar-refractivity contribution in [2.24, 2.45) is 0 Å². The molecule has 0 aromatic heterocycles. The first-order valence-electron chi connectivity index (χ1n) is 36.7. The molecule has 88 heavy (non-hydrogen) atoms. The first-order valence-corrected chi connectivity index (χ1v) is 38.2. The van der Waals surface area contributed by atoms with Crippen LogP contribution in [-0.2, 0) is 27.9 Å². The van der Waals surface area contributed by atoms with Crippen LogP contribution in [0.5, 0.6) is 0 Å². The van der Waals surface area contributed by atoms with E-state index >= 15 is 0 Å². The zero-order valence-corrected chi connectivity index (χ0v) is 59.1. The minimum atomic E-state index is -4.47. The first-order chi connectivity index (χ1) is 42.9. The highest BCUT2D eigenvalue weighted by Gasteiger charge is 2.30. The molecule has 0 aliphatic heterocycles. The fourth-order valence-electron chi connectivity index (χ4n) is 10.3. The van der Waals surface area contributed by atoms with Gasteiger partial charge in [-0.3, -0.25) is 18.6 Å². The molecule has 9 nitrogen and oxygen atoms in total. The third-order valence-corrected chi connectivity index (χ3v) is 16.9. The van der Waals surface area contributed by atoms with Crippen LogP contribution >= 0.6 is 7.82 Å². The monoisotopic (exact) mass is 1250 g/mol. The first kappa shape index (κ1) is 84.7. The molecule has 0 bridgehead atoms. The van der Waals surface area contributed by atoms with Crippen molar-refractivity contribution in [1.29, 1.82) is 0 Å². The number of ether oxygens (including phenoxy) is 1. The Morgan fingerprint density at radius 2 is 0.727 bits per heavy atom. The molecule has 0 aromatic carbocycles. The van der Waals surface area contributed by atoms with Crippen molar-refractivity contribution >= 4 is 19.7 Å². The number of nitrogens with one attached hydrogen (secondary N) is 1. The standard InChI is InChI=1S/C78H139N2O7P/c1-7-10-13-16-19-22-25-28-30-32-34-36-38-39-40-41-43-45-47-49-51-53-56-59-62-65-68-71-78(82)87-76(69-66-63-60-57-54-27-24-21-18-15-12-9-3)75(74-86-88(83,84)85-73-72-80(4,5)6)79-77(81)70-67-64-61-58-55-52-50-48-46-44-42-37-35-33-31-29-26-23-20-17-14-11-8-2/h11,14,19-20,22-23,28-31,35,37,44,46,50,52,66,69,75-76H,7-10,12-13,15-18,21,24-27,32-34,36,38-43,45,47-49,51,53-65,67-68,70-74H2,1-6H3,(H-,79,81,83,84)/p+1/b14-11-,22-19-,23-20-,30-28-,31-29-,37-35-,46-44-,52-50-,69-66+. The molecule has 0 aliphatic carbocycles. The predicted molar refractivity (Wildman–Crippen MR) is 383 cm³/mol. The van der Waals surface area contributed by atoms with Crippen LogP contribution in [0.25, 0.3) is 0 Å². The second-order valence-electron chi connectivity index (χ2n) is 25.7. The SMILES string of the molecule is CC/C=C\C/C=C\C/C=C\C/C=C\C/C=C\C/C=C\CCCCCCC(=O)NC(COP(=O)(O)OCC[N+](C)(C)C)C(/C=C/CCCCCCCCCCCC)OC(=O)CCCCCCCCCCCCCCCCCCC/C=C\C/C=C\CCCCC. The molecular formula is C78H140N2O7P+. The molecule has 0 heterocycles. The number of carbonyl (C=O) groups is 2. The third-order valence-electron chi connectivity index (χ3n) is 15.9. The summed E-state index contributed by atoms with van der Waals surface area (Å²) in [5.74, 6) is -0.530. The number of amides is 1. The lowest BCUT2D eigenvalue weighted by atomic mass is 10.0. The van der Waals surface area contributed by atoms with Crippen LogP contribution < -0.4 is 5.32 Å². The maximum atomic E-state index is 13.6. The van der Waals surface area contributed by atoms with Gasteiger partial charge >= 0.3 is 13.8 Å². The van der Waals surface area contributed by atoms with E-state index < -0.39 is 20.0 Å². The summed E-state index contributed by atoms with van der Waals surface area (Å²) in [6, 6.07) is -0.869. The van der Waals surface area contributed by atoms with Crippen LogP contribution in [0.15, 0.2) is 109 Å². The van der Waals surface area contributed by atoms with Crippen molar-refractivity contribution in [3.05, 3.63) is 109 Å². The molecule has 3 atom stereocenters. The van der Waals surface area contributed by atoms with Gasteiger partial charge in [0.15, 0.2) is 0 Å². The van der Waals surface area contributed by atoms with Crippen molar-refractivity contribution in [1.82, 2.24) is 5.32 Å². The number of unbranched alkanes of at least 4 members (excludes halogenated alkanes) is 34. The zero-order chi connectivity index (χ0) is 64.2. The molecule has 0 saturated heterocycles.